The van der Waals surface area contributed by atoms with Crippen LogP contribution in [0.4, 0.5) is 0 Å². The molecular formula is C16H15N3O3S. The number of aromatic carboxylic acids is 1. The summed E-state index contributed by atoms with van der Waals surface area (Å²) in [7, 11) is 0. The number of carbonyl (C=O) groups is 1. The minimum Gasteiger partial charge on any atom is -0.507 e. The number of nitrogens with two attached hydrogens (primary N) is 1. The molecule has 0 aromatic heterocycles. The summed E-state index contributed by atoms with van der Waals surface area (Å²) in [6.45, 7) is 0. The Morgan fingerprint density at radius 3 is 2.65 bits per heavy atom. The summed E-state index contributed by atoms with van der Waals surface area (Å²) in [5.74, 6) is -0.816. The van der Waals surface area contributed by atoms with Crippen LogP contribution in [-0.2, 0) is 5.75 Å². The van der Waals surface area contributed by atoms with Gasteiger partial charge in [-0.05, 0) is 29.3 Å². The molecule has 0 saturated heterocycles. The van der Waals surface area contributed by atoms with Gasteiger partial charge in [-0.3, -0.25) is 0 Å². The van der Waals surface area contributed by atoms with Crippen LogP contribution in [0, 0.1) is 0 Å². The highest BCUT2D eigenvalue weighted by atomic mass is 32.2. The Morgan fingerprint density at radius 1 is 1.22 bits per heavy atom. The van der Waals surface area contributed by atoms with E-state index in [4.69, 9.17) is 10.8 Å². The number of amidine groups is 1. The number of carboxylic acid groups (broad SMARTS) is 1. The van der Waals surface area contributed by atoms with Crippen molar-refractivity contribution in [3.8, 4) is 5.75 Å². The summed E-state index contributed by atoms with van der Waals surface area (Å²) in [6, 6.07) is 14.0. The SMILES string of the molecule is NC(=NN=Cc1ccc(O)c(C(=O)O)c1)SCc1ccccc1. The van der Waals surface area contributed by atoms with Crippen molar-refractivity contribution in [3.05, 3.63) is 65.2 Å². The van der Waals surface area contributed by atoms with Crippen molar-refractivity contribution in [2.75, 3.05) is 0 Å². The predicted molar refractivity (Wildman–Crippen MR) is 92.0 cm³/mol. The molecular weight excluding hydrogens is 314 g/mol. The van der Waals surface area contributed by atoms with Crippen LogP contribution >= 0.6 is 11.8 Å². The van der Waals surface area contributed by atoms with Gasteiger partial charge in [-0.1, -0.05) is 42.1 Å². The Kier molecular flexibility index (Phi) is 5.76. The average Bonchev–Trinajstić information content (AvgIpc) is 2.55. The summed E-state index contributed by atoms with van der Waals surface area (Å²) >= 11 is 1.36. The van der Waals surface area contributed by atoms with Crippen molar-refractivity contribution < 1.29 is 15.0 Å². The van der Waals surface area contributed by atoms with Crippen LogP contribution in [0.5, 0.6) is 5.75 Å². The van der Waals surface area contributed by atoms with Crippen molar-refractivity contribution >= 4 is 29.1 Å². The molecule has 2 aromatic carbocycles. The lowest BCUT2D eigenvalue weighted by Crippen LogP contribution is -2.06. The molecule has 0 atom stereocenters. The maximum absolute atomic E-state index is 10.9. The van der Waals surface area contributed by atoms with E-state index in [1.165, 1.54) is 36.2 Å². The first-order chi connectivity index (χ1) is 11.1. The Labute approximate surface area is 137 Å². The lowest BCUT2D eigenvalue weighted by molar-refractivity contribution is 0.0693. The molecule has 0 unspecified atom stereocenters. The second-order valence-electron chi connectivity index (χ2n) is 4.54. The second-order valence-corrected chi connectivity index (χ2v) is 5.53. The third-order valence-electron chi connectivity index (χ3n) is 2.84. The number of phenols is 1. The van der Waals surface area contributed by atoms with Crippen LogP contribution in [0.15, 0.2) is 58.7 Å². The van der Waals surface area contributed by atoms with Crippen LogP contribution in [0.25, 0.3) is 0 Å². The van der Waals surface area contributed by atoms with Crippen LogP contribution in [-0.4, -0.2) is 27.6 Å². The van der Waals surface area contributed by atoms with Crippen molar-refractivity contribution in [1.82, 2.24) is 0 Å². The molecule has 4 N–H and O–H groups in total. The summed E-state index contributed by atoms with van der Waals surface area (Å²) < 4.78 is 0. The zero-order valence-corrected chi connectivity index (χ0v) is 12.9. The van der Waals surface area contributed by atoms with Crippen molar-refractivity contribution in [1.29, 1.82) is 0 Å². The third kappa shape index (κ3) is 5.15. The number of hydrogen-bond acceptors (Lipinski definition) is 5. The van der Waals surface area contributed by atoms with E-state index >= 15 is 0 Å². The predicted octanol–water partition coefficient (Wildman–Crippen LogP) is 2.67. The van der Waals surface area contributed by atoms with Gasteiger partial charge in [0, 0.05) is 5.75 Å². The standard InChI is InChI=1S/C16H15N3O3S/c17-16(23-10-11-4-2-1-3-5-11)19-18-9-12-6-7-14(20)13(8-12)15(21)22/h1-9,20H,10H2,(H2,17,19)(H,21,22). The average molecular weight is 329 g/mol. The van der Waals surface area contributed by atoms with Gasteiger partial charge in [0.05, 0.1) is 6.21 Å². The summed E-state index contributed by atoms with van der Waals surface area (Å²) in [5.41, 5.74) is 7.20. The molecule has 118 valence electrons. The highest BCUT2D eigenvalue weighted by Crippen LogP contribution is 2.17. The highest BCUT2D eigenvalue weighted by Gasteiger charge is 2.09. The van der Waals surface area contributed by atoms with Gasteiger partial charge in [-0.2, -0.15) is 5.10 Å². The smallest absolute Gasteiger partial charge is 0.339 e. The monoisotopic (exact) mass is 329 g/mol. The number of carboxylic acids is 1. The molecule has 6 nitrogen and oxygen atoms in total. The Bertz CT molecular complexity index is 745. The normalized spacial score (nSPS) is 11.7. The molecule has 0 spiro atoms. The molecule has 23 heavy (non-hydrogen) atoms. The van der Waals surface area contributed by atoms with Crippen molar-refractivity contribution in [3.63, 3.8) is 0 Å². The van der Waals surface area contributed by atoms with Gasteiger partial charge in [0.1, 0.15) is 11.3 Å². The molecule has 2 aromatic rings. The van der Waals surface area contributed by atoms with E-state index in [1.54, 1.807) is 0 Å². The minimum absolute atomic E-state index is 0.190. The summed E-state index contributed by atoms with van der Waals surface area (Å²) in [4.78, 5) is 10.9. The van der Waals surface area contributed by atoms with E-state index in [0.717, 1.165) is 5.56 Å². The largest absolute Gasteiger partial charge is 0.507 e. The molecule has 0 radical (unpaired) electrons. The first-order valence-corrected chi connectivity index (χ1v) is 7.64. The van der Waals surface area contributed by atoms with E-state index < -0.39 is 5.97 Å². The summed E-state index contributed by atoms with van der Waals surface area (Å²) in [5, 5.41) is 26.3. The zero-order chi connectivity index (χ0) is 16.7. The molecule has 0 heterocycles. The number of hydrogen-bond donors (Lipinski definition) is 3. The van der Waals surface area contributed by atoms with Crippen LogP contribution in [0.3, 0.4) is 0 Å². The minimum atomic E-state index is -1.21. The number of nitrogens with zero attached hydrogens (tertiary/aromatic N) is 2. The van der Waals surface area contributed by atoms with Gasteiger partial charge in [-0.25, -0.2) is 4.79 Å². The Balaban J connectivity index is 1.97. The number of benzene rings is 2. The molecule has 0 aliphatic carbocycles. The first-order valence-electron chi connectivity index (χ1n) is 6.66. The van der Waals surface area contributed by atoms with E-state index in [9.17, 15) is 9.90 Å². The zero-order valence-electron chi connectivity index (χ0n) is 12.1. The molecule has 0 aliphatic heterocycles. The number of rotatable bonds is 5. The maximum Gasteiger partial charge on any atom is 0.339 e. The molecule has 2 rings (SSSR count). The van der Waals surface area contributed by atoms with E-state index in [-0.39, 0.29) is 11.3 Å². The Hall–Kier alpha value is -2.80. The number of aromatic hydroxyl groups is 1. The van der Waals surface area contributed by atoms with Gasteiger partial charge in [0.15, 0.2) is 5.17 Å². The molecule has 7 heteroatoms. The van der Waals surface area contributed by atoms with Gasteiger partial charge in [-0.15, -0.1) is 5.10 Å². The molecule has 0 bridgehead atoms. The van der Waals surface area contributed by atoms with Gasteiger partial charge < -0.3 is 15.9 Å². The fourth-order valence-corrected chi connectivity index (χ4v) is 2.33. The maximum atomic E-state index is 10.9. The van der Waals surface area contributed by atoms with Crippen LogP contribution in [0.1, 0.15) is 21.5 Å². The fraction of sp³-hybridized carbons (Fsp3) is 0.0625. The molecule has 0 fully saturated rings. The molecule has 0 amide bonds. The van der Waals surface area contributed by atoms with Gasteiger partial charge in [0.25, 0.3) is 0 Å². The quantitative estimate of drug-likeness (QED) is 0.444. The number of thioether (sulfide) groups is 1. The highest BCUT2D eigenvalue weighted by molar-refractivity contribution is 8.13. The molecule has 0 saturated carbocycles. The second kappa shape index (κ2) is 8.00. The van der Waals surface area contributed by atoms with Crippen LogP contribution in [0.2, 0.25) is 0 Å². The summed E-state index contributed by atoms with van der Waals surface area (Å²) in [6.07, 6.45) is 1.38. The molecule has 0 aliphatic rings. The van der Waals surface area contributed by atoms with Crippen molar-refractivity contribution in [2.24, 2.45) is 15.9 Å². The van der Waals surface area contributed by atoms with Crippen LogP contribution < -0.4 is 5.73 Å². The van der Waals surface area contributed by atoms with E-state index in [1.807, 2.05) is 30.3 Å². The fourth-order valence-electron chi connectivity index (χ4n) is 1.72. The van der Waals surface area contributed by atoms with Crippen molar-refractivity contribution in [2.45, 2.75) is 5.75 Å². The van der Waals surface area contributed by atoms with Gasteiger partial charge >= 0.3 is 5.97 Å². The van der Waals surface area contributed by atoms with Gasteiger partial charge in [0.2, 0.25) is 0 Å². The topological polar surface area (TPSA) is 108 Å². The third-order valence-corrected chi connectivity index (χ3v) is 3.70. The first kappa shape index (κ1) is 16.6. The lowest BCUT2D eigenvalue weighted by atomic mass is 10.1. The van der Waals surface area contributed by atoms with E-state index in [2.05, 4.69) is 10.2 Å². The van der Waals surface area contributed by atoms with E-state index in [0.29, 0.717) is 16.5 Å². The Morgan fingerprint density at radius 2 is 1.96 bits per heavy atom. The lowest BCUT2D eigenvalue weighted by Gasteiger charge is -2.00.